The van der Waals surface area contributed by atoms with E-state index in [4.69, 9.17) is 9.47 Å². The molecule has 4 N–H and O–H groups in total. The van der Waals surface area contributed by atoms with E-state index in [9.17, 15) is 29.7 Å². The Labute approximate surface area is 415 Å². The molecular weight excluding hydrogens is 871 g/mol. The standard InChI is InChI=1S/C57H91N3O9/c1-3-5-7-9-11-13-15-17-18-19-20-22-24-26-34-40-51(63)59(41-35-27-25-23-21-16-14-12-10-8-6-4-2)55-57(53(65)52(64)49(44-61)69-55)50(62)42-48(54(66)60(57)43-46-36-30-28-31-37-46)58-56(67)68-45-47-38-32-29-33-39-47/h28-33,36-39,48-49,52-53,55,61,64-65H,3-27,34-35,40-45H2,1-2H3,(H,58,67)/t48-,49+,52+,53-,55+,57?/m0/s1. The SMILES string of the molecule is CCCCCCCCCCCCCCCCCC(=O)N(CCCCCCCCCCCCCC)[C@@H]1O[C@H](CO)[C@@H](O)[C@H](O)C12C(=O)C[C@H](NC(=O)OCc1ccccc1)C(=O)N2Cc1ccccc1. The lowest BCUT2D eigenvalue weighted by Gasteiger charge is -2.59. The Bertz CT molecular complexity index is 1720. The topological polar surface area (TPSA) is 166 Å². The number of piperidine rings is 1. The minimum atomic E-state index is -2.27. The van der Waals surface area contributed by atoms with Crippen molar-refractivity contribution in [3.05, 3.63) is 71.8 Å². The molecule has 69 heavy (non-hydrogen) atoms. The van der Waals surface area contributed by atoms with Crippen LogP contribution >= 0.6 is 0 Å². The molecule has 4 rings (SSSR count). The second-order valence-electron chi connectivity index (χ2n) is 19.9. The third-order valence-electron chi connectivity index (χ3n) is 14.4. The first kappa shape index (κ1) is 57.7. The highest BCUT2D eigenvalue weighted by atomic mass is 16.6. The number of hydrogen-bond acceptors (Lipinski definition) is 9. The molecule has 3 amide bonds. The van der Waals surface area contributed by atoms with Crippen LogP contribution in [-0.2, 0) is 37.0 Å². The van der Waals surface area contributed by atoms with Crippen LogP contribution in [0.1, 0.15) is 211 Å². The van der Waals surface area contributed by atoms with Crippen molar-refractivity contribution in [3.8, 4) is 0 Å². The summed E-state index contributed by atoms with van der Waals surface area (Å²) in [6, 6.07) is 16.7. The summed E-state index contributed by atoms with van der Waals surface area (Å²) in [6.07, 6.45) is 23.5. The molecule has 2 aromatic carbocycles. The van der Waals surface area contributed by atoms with Crippen LogP contribution < -0.4 is 5.32 Å². The van der Waals surface area contributed by atoms with Crippen LogP contribution in [0.5, 0.6) is 0 Å². The maximum Gasteiger partial charge on any atom is 0.408 e. The molecule has 2 aromatic rings. The van der Waals surface area contributed by atoms with Gasteiger partial charge in [-0.05, 0) is 24.0 Å². The van der Waals surface area contributed by atoms with Gasteiger partial charge in [-0.1, -0.05) is 235 Å². The molecule has 1 spiro atoms. The van der Waals surface area contributed by atoms with Gasteiger partial charge in [-0.15, -0.1) is 0 Å². The van der Waals surface area contributed by atoms with Gasteiger partial charge in [-0.3, -0.25) is 14.4 Å². The molecule has 388 valence electrons. The molecule has 6 atom stereocenters. The highest BCUT2D eigenvalue weighted by molar-refractivity contribution is 6.04. The molecule has 2 heterocycles. The van der Waals surface area contributed by atoms with E-state index < -0.39 is 66.9 Å². The normalized spacial score (nSPS) is 21.5. The van der Waals surface area contributed by atoms with Crippen molar-refractivity contribution in [1.29, 1.82) is 0 Å². The van der Waals surface area contributed by atoms with Crippen LogP contribution in [0.2, 0.25) is 0 Å². The molecule has 2 fully saturated rings. The molecule has 1 unspecified atom stereocenters. The van der Waals surface area contributed by atoms with Gasteiger partial charge in [0.1, 0.15) is 31.0 Å². The fourth-order valence-electron chi connectivity index (χ4n) is 10.3. The lowest BCUT2D eigenvalue weighted by molar-refractivity contribution is -0.278. The Hall–Kier alpha value is -3.84. The summed E-state index contributed by atoms with van der Waals surface area (Å²) in [5.74, 6) is -1.65. The zero-order valence-corrected chi connectivity index (χ0v) is 42.7. The smallest absolute Gasteiger partial charge is 0.408 e. The van der Waals surface area contributed by atoms with E-state index in [0.717, 1.165) is 50.5 Å². The Morgan fingerprint density at radius 1 is 0.667 bits per heavy atom. The number of nitrogens with one attached hydrogen (secondary N) is 1. The van der Waals surface area contributed by atoms with Crippen LogP contribution in [0.4, 0.5) is 4.79 Å². The number of ether oxygens (including phenoxy) is 2. The summed E-state index contributed by atoms with van der Waals surface area (Å²) in [5, 5.41) is 37.0. The Morgan fingerprint density at radius 3 is 1.59 bits per heavy atom. The number of amides is 3. The highest BCUT2D eigenvalue weighted by Crippen LogP contribution is 2.43. The molecule has 2 aliphatic heterocycles. The van der Waals surface area contributed by atoms with E-state index in [0.29, 0.717) is 18.4 Å². The minimum absolute atomic E-state index is 0.0574. The third kappa shape index (κ3) is 19.0. The van der Waals surface area contributed by atoms with Crippen molar-refractivity contribution in [3.63, 3.8) is 0 Å². The summed E-state index contributed by atoms with van der Waals surface area (Å²) >= 11 is 0. The second-order valence-corrected chi connectivity index (χ2v) is 19.9. The largest absolute Gasteiger partial charge is 0.445 e. The van der Waals surface area contributed by atoms with Crippen molar-refractivity contribution in [2.45, 2.75) is 249 Å². The van der Waals surface area contributed by atoms with Crippen molar-refractivity contribution in [1.82, 2.24) is 15.1 Å². The predicted octanol–water partition coefficient (Wildman–Crippen LogP) is 11.3. The number of hydrogen-bond donors (Lipinski definition) is 4. The van der Waals surface area contributed by atoms with E-state index in [1.165, 1.54) is 125 Å². The Kier molecular flexibility index (Phi) is 28.2. The maximum atomic E-state index is 15.1. The first-order valence-corrected chi connectivity index (χ1v) is 27.5. The molecule has 2 saturated heterocycles. The quantitative estimate of drug-likeness (QED) is 0.0486. The number of carbonyl (C=O) groups is 4. The number of aliphatic hydroxyl groups is 3. The zero-order chi connectivity index (χ0) is 49.5. The molecule has 12 nitrogen and oxygen atoms in total. The number of carbonyl (C=O) groups excluding carboxylic acids is 4. The van der Waals surface area contributed by atoms with E-state index in [-0.39, 0.29) is 32.0 Å². The fourth-order valence-corrected chi connectivity index (χ4v) is 10.3. The number of alkyl carbamates (subject to hydrolysis) is 1. The van der Waals surface area contributed by atoms with Gasteiger partial charge in [-0.25, -0.2) is 4.79 Å². The summed E-state index contributed by atoms with van der Waals surface area (Å²) in [7, 11) is 0. The van der Waals surface area contributed by atoms with Crippen molar-refractivity contribution in [2.75, 3.05) is 13.2 Å². The minimum Gasteiger partial charge on any atom is -0.445 e. The van der Waals surface area contributed by atoms with E-state index in [1.54, 1.807) is 36.4 Å². The summed E-state index contributed by atoms with van der Waals surface area (Å²) < 4.78 is 11.9. The summed E-state index contributed by atoms with van der Waals surface area (Å²) in [4.78, 5) is 60.6. The van der Waals surface area contributed by atoms with Gasteiger partial charge in [0.05, 0.1) is 6.61 Å². The molecular formula is C57H91N3O9. The second kappa shape index (κ2) is 33.7. The predicted molar refractivity (Wildman–Crippen MR) is 273 cm³/mol. The number of Topliss-reactive ketones (excluding diaryl/α,β-unsaturated/α-hetero) is 1. The number of likely N-dealkylation sites (tertiary alicyclic amines) is 1. The molecule has 12 heteroatoms. The van der Waals surface area contributed by atoms with Crippen LogP contribution in [0.25, 0.3) is 0 Å². The monoisotopic (exact) mass is 962 g/mol. The van der Waals surface area contributed by atoms with Gasteiger partial charge in [0.2, 0.25) is 11.8 Å². The maximum absolute atomic E-state index is 15.1. The Morgan fingerprint density at radius 2 is 1.12 bits per heavy atom. The van der Waals surface area contributed by atoms with Gasteiger partial charge in [0, 0.05) is 25.9 Å². The van der Waals surface area contributed by atoms with Gasteiger partial charge in [-0.2, -0.15) is 0 Å². The van der Waals surface area contributed by atoms with Crippen LogP contribution in [0, 0.1) is 0 Å². The van der Waals surface area contributed by atoms with Gasteiger partial charge in [0.15, 0.2) is 17.6 Å². The van der Waals surface area contributed by atoms with Crippen LogP contribution in [0.3, 0.4) is 0 Å². The first-order valence-electron chi connectivity index (χ1n) is 27.5. The molecule has 0 bridgehead atoms. The fraction of sp³-hybridized carbons (Fsp3) is 0.719. The van der Waals surface area contributed by atoms with E-state index >= 15 is 4.79 Å². The van der Waals surface area contributed by atoms with Crippen molar-refractivity contribution in [2.24, 2.45) is 0 Å². The van der Waals surface area contributed by atoms with Crippen LogP contribution in [0.15, 0.2) is 60.7 Å². The van der Waals surface area contributed by atoms with Crippen molar-refractivity contribution >= 4 is 23.7 Å². The third-order valence-corrected chi connectivity index (χ3v) is 14.4. The highest BCUT2D eigenvalue weighted by Gasteiger charge is 2.68. The lowest BCUT2D eigenvalue weighted by Crippen LogP contribution is -2.83. The van der Waals surface area contributed by atoms with E-state index in [1.807, 2.05) is 24.3 Å². The lowest BCUT2D eigenvalue weighted by atomic mass is 9.72. The molecule has 0 saturated carbocycles. The average molecular weight is 962 g/mol. The number of rotatable bonds is 36. The number of nitrogens with zero attached hydrogens (tertiary/aromatic N) is 2. The summed E-state index contributed by atoms with van der Waals surface area (Å²) in [5.41, 5.74) is -0.915. The molecule has 0 radical (unpaired) electrons. The van der Waals surface area contributed by atoms with Crippen molar-refractivity contribution < 1.29 is 44.0 Å². The summed E-state index contributed by atoms with van der Waals surface area (Å²) in [6.45, 7) is 3.73. The molecule has 0 aromatic heterocycles. The average Bonchev–Trinajstić information content (AvgIpc) is 3.36. The molecule has 0 aliphatic carbocycles. The number of aliphatic hydroxyl groups excluding tert-OH is 3. The number of benzene rings is 2. The van der Waals surface area contributed by atoms with Gasteiger partial charge >= 0.3 is 6.09 Å². The Balaban J connectivity index is 1.50. The number of ketones is 1. The van der Waals surface area contributed by atoms with Gasteiger partial charge in [0.25, 0.3) is 0 Å². The van der Waals surface area contributed by atoms with Crippen LogP contribution in [-0.4, -0.2) is 98.1 Å². The zero-order valence-electron chi connectivity index (χ0n) is 42.7. The van der Waals surface area contributed by atoms with E-state index in [2.05, 4.69) is 19.2 Å². The first-order chi connectivity index (χ1) is 33.7. The number of unbranched alkanes of at least 4 members (excludes halogenated alkanes) is 25. The molecule has 2 aliphatic rings. The van der Waals surface area contributed by atoms with Gasteiger partial charge < -0.3 is 39.9 Å².